The lowest BCUT2D eigenvalue weighted by Gasteiger charge is -2.13. The lowest BCUT2D eigenvalue weighted by Crippen LogP contribution is -2.34. The Balaban J connectivity index is 1.75. The zero-order valence-corrected chi connectivity index (χ0v) is 13.8. The smallest absolute Gasteiger partial charge is 0.347 e. The largest absolute Gasteiger partial charge is 0.550 e. The molecule has 3 aromatic rings. The summed E-state index contributed by atoms with van der Waals surface area (Å²) in [5, 5.41) is 10.9. The van der Waals surface area contributed by atoms with Crippen molar-refractivity contribution in [2.75, 3.05) is 6.54 Å². The zero-order chi connectivity index (χ0) is 19.1. The van der Waals surface area contributed by atoms with E-state index in [2.05, 4.69) is 4.98 Å². The maximum atomic E-state index is 12.5. The molecule has 1 aromatic heterocycles. The molecule has 0 N–H and O–H groups in total. The minimum absolute atomic E-state index is 0.0231. The highest BCUT2D eigenvalue weighted by molar-refractivity contribution is 6.21. The van der Waals surface area contributed by atoms with E-state index in [9.17, 15) is 24.3 Å². The third-order valence-corrected chi connectivity index (χ3v) is 4.29. The highest BCUT2D eigenvalue weighted by Crippen LogP contribution is 2.28. The van der Waals surface area contributed by atoms with E-state index in [1.54, 1.807) is 24.3 Å². The molecule has 0 bridgehead atoms. The van der Waals surface area contributed by atoms with Crippen molar-refractivity contribution in [1.29, 1.82) is 0 Å². The molecule has 1 aliphatic rings. The fraction of sp³-hybridized carbons (Fsp3) is 0.105. The van der Waals surface area contributed by atoms with Crippen LogP contribution in [0.15, 0.2) is 51.7 Å². The summed E-state index contributed by atoms with van der Waals surface area (Å²) in [7, 11) is 0. The van der Waals surface area contributed by atoms with E-state index < -0.39 is 29.8 Å². The summed E-state index contributed by atoms with van der Waals surface area (Å²) in [6.07, 6.45) is -0.445. The number of carbonyl (C=O) groups excluding carboxylic acids is 3. The number of rotatable bonds is 4. The lowest BCUT2D eigenvalue weighted by atomic mass is 10.1. The van der Waals surface area contributed by atoms with Crippen LogP contribution in [0.4, 0.5) is 0 Å². The van der Waals surface area contributed by atoms with Crippen LogP contribution in [0.5, 0.6) is 0 Å². The number of carboxylic acid groups (broad SMARTS) is 1. The van der Waals surface area contributed by atoms with Crippen LogP contribution in [-0.4, -0.2) is 34.2 Å². The monoisotopic (exact) mass is 363 g/mol. The summed E-state index contributed by atoms with van der Waals surface area (Å²) < 4.78 is 5.24. The van der Waals surface area contributed by atoms with E-state index in [1.165, 1.54) is 18.2 Å². The molecular weight excluding hydrogens is 352 g/mol. The van der Waals surface area contributed by atoms with Gasteiger partial charge in [-0.15, -0.1) is 0 Å². The van der Waals surface area contributed by atoms with Gasteiger partial charge in [0.15, 0.2) is 0 Å². The number of fused-ring (bicyclic) bond motifs is 2. The Morgan fingerprint density at radius 3 is 2.56 bits per heavy atom. The Morgan fingerprint density at radius 2 is 1.78 bits per heavy atom. The van der Waals surface area contributed by atoms with E-state index in [0.29, 0.717) is 16.5 Å². The zero-order valence-electron chi connectivity index (χ0n) is 13.8. The molecule has 4 rings (SSSR count). The van der Waals surface area contributed by atoms with E-state index in [-0.39, 0.29) is 23.6 Å². The summed E-state index contributed by atoms with van der Waals surface area (Å²) in [6.45, 7) is -0.271. The van der Waals surface area contributed by atoms with Crippen molar-refractivity contribution < 1.29 is 23.9 Å². The maximum Gasteiger partial charge on any atom is 0.347 e. The Morgan fingerprint density at radius 1 is 1.04 bits per heavy atom. The van der Waals surface area contributed by atoms with Crippen LogP contribution in [0.1, 0.15) is 27.1 Å². The molecule has 2 heterocycles. The number of imide groups is 1. The van der Waals surface area contributed by atoms with Gasteiger partial charge >= 0.3 is 5.63 Å². The van der Waals surface area contributed by atoms with Crippen LogP contribution < -0.4 is 10.7 Å². The number of nitrogens with zero attached hydrogens (tertiary/aromatic N) is 2. The molecule has 0 atom stereocenters. The van der Waals surface area contributed by atoms with Gasteiger partial charge in [0, 0.05) is 24.5 Å². The van der Waals surface area contributed by atoms with Gasteiger partial charge in [0.25, 0.3) is 11.8 Å². The second-order valence-electron chi connectivity index (χ2n) is 5.97. The van der Waals surface area contributed by atoms with Crippen LogP contribution in [0.2, 0.25) is 0 Å². The minimum Gasteiger partial charge on any atom is -0.550 e. The van der Waals surface area contributed by atoms with Crippen molar-refractivity contribution in [3.63, 3.8) is 0 Å². The van der Waals surface area contributed by atoms with Crippen molar-refractivity contribution in [1.82, 2.24) is 9.88 Å². The number of aromatic nitrogens is 1. The average Bonchev–Trinajstić information content (AvgIpc) is 2.90. The van der Waals surface area contributed by atoms with Crippen LogP contribution in [-0.2, 0) is 4.79 Å². The first-order valence-corrected chi connectivity index (χ1v) is 8.06. The molecule has 0 radical (unpaired) electrons. The van der Waals surface area contributed by atoms with Gasteiger partial charge in [0.1, 0.15) is 0 Å². The molecule has 8 heteroatoms. The molecule has 2 aromatic carbocycles. The second kappa shape index (κ2) is 6.17. The van der Waals surface area contributed by atoms with Crippen LogP contribution in [0.3, 0.4) is 0 Å². The molecule has 0 fully saturated rings. The van der Waals surface area contributed by atoms with Gasteiger partial charge < -0.3 is 14.3 Å². The normalized spacial score (nSPS) is 13.3. The number of aliphatic carboxylic acids is 1. The molecule has 0 saturated heterocycles. The average molecular weight is 363 g/mol. The summed E-state index contributed by atoms with van der Waals surface area (Å²) in [5.74, 6) is -2.51. The number of para-hydroxylation sites is 1. The molecule has 2 amide bonds. The predicted molar refractivity (Wildman–Crippen MR) is 90.7 cm³/mol. The Kier molecular flexibility index (Phi) is 3.80. The van der Waals surface area contributed by atoms with Crippen molar-refractivity contribution in [2.45, 2.75) is 6.42 Å². The highest BCUT2D eigenvalue weighted by atomic mass is 16.4. The van der Waals surface area contributed by atoms with Crippen LogP contribution in [0.25, 0.3) is 22.4 Å². The van der Waals surface area contributed by atoms with Crippen molar-refractivity contribution >= 4 is 28.7 Å². The van der Waals surface area contributed by atoms with Gasteiger partial charge in [-0.2, -0.15) is 0 Å². The third-order valence-electron chi connectivity index (χ3n) is 4.29. The quantitative estimate of drug-likeness (QED) is 0.622. The number of benzene rings is 2. The Bertz CT molecular complexity index is 1180. The van der Waals surface area contributed by atoms with Gasteiger partial charge in [-0.3, -0.25) is 14.5 Å². The first kappa shape index (κ1) is 16.6. The van der Waals surface area contributed by atoms with Crippen molar-refractivity contribution in [3.8, 4) is 11.5 Å². The predicted octanol–water partition coefficient (Wildman–Crippen LogP) is 0.591. The highest BCUT2D eigenvalue weighted by Gasteiger charge is 2.35. The number of amides is 2. The molecule has 0 saturated carbocycles. The molecule has 8 nitrogen and oxygen atoms in total. The van der Waals surface area contributed by atoms with E-state index in [0.717, 1.165) is 4.90 Å². The standard InChI is InChI=1S/C19H12N2O6/c22-15(23)7-8-21-17(24)11-6-5-10(9-13(11)18(21)25)16-20-14-4-2-1-3-12(14)19(26)27-16/h1-6,9H,7-8H2,(H,22,23)/p-1. The fourth-order valence-corrected chi connectivity index (χ4v) is 2.97. The first-order valence-electron chi connectivity index (χ1n) is 8.06. The molecule has 0 spiro atoms. The number of carboxylic acids is 1. The molecule has 27 heavy (non-hydrogen) atoms. The van der Waals surface area contributed by atoms with Gasteiger partial charge in [0.05, 0.1) is 22.0 Å². The number of carbonyl (C=O) groups is 3. The molecule has 0 unspecified atom stereocenters. The van der Waals surface area contributed by atoms with Crippen molar-refractivity contribution in [2.24, 2.45) is 0 Å². The minimum atomic E-state index is -1.35. The summed E-state index contributed by atoms with van der Waals surface area (Å²) in [6, 6.07) is 11.1. The van der Waals surface area contributed by atoms with Gasteiger partial charge in [0.2, 0.25) is 5.89 Å². The van der Waals surface area contributed by atoms with Crippen LogP contribution >= 0.6 is 0 Å². The van der Waals surface area contributed by atoms with E-state index in [4.69, 9.17) is 4.42 Å². The summed E-state index contributed by atoms with van der Waals surface area (Å²) >= 11 is 0. The fourth-order valence-electron chi connectivity index (χ4n) is 2.97. The van der Waals surface area contributed by atoms with Gasteiger partial charge in [-0.05, 0) is 30.3 Å². The third kappa shape index (κ3) is 2.77. The Hall–Kier alpha value is -3.81. The second-order valence-corrected chi connectivity index (χ2v) is 5.97. The van der Waals surface area contributed by atoms with E-state index in [1.807, 2.05) is 0 Å². The lowest BCUT2D eigenvalue weighted by molar-refractivity contribution is -0.305. The summed E-state index contributed by atoms with van der Waals surface area (Å²) in [5.41, 5.74) is 0.509. The van der Waals surface area contributed by atoms with Crippen LogP contribution in [0, 0.1) is 0 Å². The van der Waals surface area contributed by atoms with E-state index >= 15 is 0 Å². The molecule has 134 valence electrons. The maximum absolute atomic E-state index is 12.5. The van der Waals surface area contributed by atoms with Crippen molar-refractivity contribution in [3.05, 3.63) is 64.0 Å². The molecule has 1 aliphatic heterocycles. The number of hydrogen-bond acceptors (Lipinski definition) is 7. The number of hydrogen-bond donors (Lipinski definition) is 0. The first-order chi connectivity index (χ1) is 13.0. The van der Waals surface area contributed by atoms with Gasteiger partial charge in [-0.1, -0.05) is 12.1 Å². The topological polar surface area (TPSA) is 121 Å². The molecule has 0 aliphatic carbocycles. The summed E-state index contributed by atoms with van der Waals surface area (Å²) in [4.78, 5) is 52.6. The molecular formula is C19H11N2O6-. The Labute approximate surface area is 151 Å². The van der Waals surface area contributed by atoms with Gasteiger partial charge in [-0.25, -0.2) is 9.78 Å². The SMILES string of the molecule is O=C([O-])CCN1C(=O)c2ccc(-c3nc4ccccc4c(=O)o3)cc2C1=O.